The highest BCUT2D eigenvalue weighted by Crippen LogP contribution is 2.23. The topological polar surface area (TPSA) is 45.7 Å². The van der Waals surface area contributed by atoms with Gasteiger partial charge in [0.1, 0.15) is 17.4 Å². The fraction of sp³-hybridized carbons (Fsp3) is 0.565. The van der Waals surface area contributed by atoms with Crippen LogP contribution >= 0.6 is 11.3 Å². The van der Waals surface area contributed by atoms with E-state index >= 15 is 0 Å². The van der Waals surface area contributed by atoms with Gasteiger partial charge in [0.25, 0.3) is 0 Å². The third-order valence-corrected chi connectivity index (χ3v) is 6.42. The van der Waals surface area contributed by atoms with Gasteiger partial charge in [-0.25, -0.2) is 4.98 Å². The molecule has 0 aliphatic carbocycles. The molecular formula is C23H33N3O2S. The molecule has 1 amide bonds. The van der Waals surface area contributed by atoms with Crippen LogP contribution in [-0.2, 0) is 17.9 Å². The van der Waals surface area contributed by atoms with E-state index in [9.17, 15) is 4.79 Å². The molecule has 0 radical (unpaired) electrons. The lowest BCUT2D eigenvalue weighted by atomic mass is 10.1. The predicted octanol–water partition coefficient (Wildman–Crippen LogP) is 4.42. The molecule has 0 bridgehead atoms. The average molecular weight is 416 g/mol. The van der Waals surface area contributed by atoms with E-state index in [0.717, 1.165) is 42.6 Å². The van der Waals surface area contributed by atoms with Crippen molar-refractivity contribution in [3.8, 4) is 5.75 Å². The number of amides is 1. The summed E-state index contributed by atoms with van der Waals surface area (Å²) in [5.74, 6) is 1.11. The molecule has 1 aliphatic rings. The van der Waals surface area contributed by atoms with Gasteiger partial charge in [-0.2, -0.15) is 0 Å². The van der Waals surface area contributed by atoms with Crippen molar-refractivity contribution in [2.45, 2.75) is 53.7 Å². The number of aromatic nitrogens is 1. The van der Waals surface area contributed by atoms with Gasteiger partial charge in [-0.15, -0.1) is 11.3 Å². The Labute approximate surface area is 178 Å². The second kappa shape index (κ2) is 10.2. The first-order valence-electron chi connectivity index (χ1n) is 10.6. The molecule has 1 aromatic heterocycles. The molecule has 6 heteroatoms. The Bertz CT molecular complexity index is 812. The highest BCUT2D eigenvalue weighted by atomic mass is 32.1. The zero-order valence-electron chi connectivity index (χ0n) is 18.1. The van der Waals surface area contributed by atoms with Gasteiger partial charge >= 0.3 is 0 Å². The number of aryl methyl sites for hydroxylation is 1. The van der Waals surface area contributed by atoms with Gasteiger partial charge in [-0.05, 0) is 57.0 Å². The van der Waals surface area contributed by atoms with Gasteiger partial charge in [0, 0.05) is 24.4 Å². The van der Waals surface area contributed by atoms with E-state index in [1.54, 1.807) is 11.3 Å². The average Bonchev–Trinajstić information content (AvgIpc) is 3.37. The smallest absolute Gasteiger partial charge is 0.225 e. The predicted molar refractivity (Wildman–Crippen MR) is 118 cm³/mol. The van der Waals surface area contributed by atoms with Crippen molar-refractivity contribution in [1.29, 1.82) is 0 Å². The zero-order valence-corrected chi connectivity index (χ0v) is 18.9. The van der Waals surface area contributed by atoms with Crippen LogP contribution in [0.2, 0.25) is 0 Å². The summed E-state index contributed by atoms with van der Waals surface area (Å²) in [7, 11) is 0. The molecule has 1 aliphatic heterocycles. The first-order valence-corrected chi connectivity index (χ1v) is 11.5. The maximum absolute atomic E-state index is 12.7. The molecule has 2 heterocycles. The minimum atomic E-state index is -0.000636. The molecule has 1 saturated heterocycles. The molecule has 5 nitrogen and oxygen atoms in total. The number of thiazole rings is 1. The van der Waals surface area contributed by atoms with Gasteiger partial charge in [-0.1, -0.05) is 26.0 Å². The molecular weight excluding hydrogens is 382 g/mol. The van der Waals surface area contributed by atoms with Crippen LogP contribution in [0, 0.1) is 19.8 Å². The van der Waals surface area contributed by atoms with E-state index in [0.29, 0.717) is 13.2 Å². The molecule has 0 spiro atoms. The van der Waals surface area contributed by atoms with Gasteiger partial charge in [-0.3, -0.25) is 4.79 Å². The molecule has 0 atom stereocenters. The van der Waals surface area contributed by atoms with Crippen molar-refractivity contribution in [3.05, 3.63) is 45.4 Å². The van der Waals surface area contributed by atoms with Crippen molar-refractivity contribution in [1.82, 2.24) is 14.8 Å². The summed E-state index contributed by atoms with van der Waals surface area (Å²) in [4.78, 5) is 21.8. The van der Waals surface area contributed by atoms with Crippen LogP contribution in [0.15, 0.2) is 23.6 Å². The number of hydrogen-bond acceptors (Lipinski definition) is 5. The summed E-state index contributed by atoms with van der Waals surface area (Å²) >= 11 is 1.60. The van der Waals surface area contributed by atoms with Crippen LogP contribution in [0.3, 0.4) is 0 Å². The van der Waals surface area contributed by atoms with E-state index in [-0.39, 0.29) is 11.8 Å². The van der Waals surface area contributed by atoms with Gasteiger partial charge in [0.05, 0.1) is 12.2 Å². The Morgan fingerprint density at radius 2 is 2.03 bits per heavy atom. The maximum atomic E-state index is 12.7. The molecule has 1 aromatic carbocycles. The summed E-state index contributed by atoms with van der Waals surface area (Å²) < 4.78 is 5.98. The lowest BCUT2D eigenvalue weighted by Crippen LogP contribution is -2.39. The number of ether oxygens (including phenoxy) is 1. The molecule has 29 heavy (non-hydrogen) atoms. The van der Waals surface area contributed by atoms with Crippen LogP contribution in [0.4, 0.5) is 0 Å². The van der Waals surface area contributed by atoms with E-state index in [4.69, 9.17) is 9.72 Å². The SMILES string of the molecule is Cc1cccc(OCc2nc(CN(CCN3CCCC3)C(=O)C(C)C)cs2)c1C. The standard InChI is InChI=1S/C23H33N3O2S/c1-17(2)23(27)26(13-12-25-10-5-6-11-25)14-20-16-29-22(24-20)15-28-21-9-7-8-18(3)19(21)4/h7-9,16-17H,5-6,10-15H2,1-4H3. The summed E-state index contributed by atoms with van der Waals surface area (Å²) in [5, 5.41) is 3.00. The van der Waals surface area contributed by atoms with E-state index in [1.165, 1.54) is 24.0 Å². The van der Waals surface area contributed by atoms with Gasteiger partial charge in [0.15, 0.2) is 0 Å². The van der Waals surface area contributed by atoms with Crippen molar-refractivity contribution in [3.63, 3.8) is 0 Å². The minimum Gasteiger partial charge on any atom is -0.486 e. The van der Waals surface area contributed by atoms with Gasteiger partial charge < -0.3 is 14.5 Å². The fourth-order valence-corrected chi connectivity index (χ4v) is 4.30. The Kier molecular flexibility index (Phi) is 7.67. The van der Waals surface area contributed by atoms with Crippen molar-refractivity contribution < 1.29 is 9.53 Å². The molecule has 1 fully saturated rings. The minimum absolute atomic E-state index is 0.000636. The van der Waals surface area contributed by atoms with E-state index in [1.807, 2.05) is 30.9 Å². The molecule has 0 saturated carbocycles. The fourth-order valence-electron chi connectivity index (χ4n) is 3.60. The highest BCUT2D eigenvalue weighted by molar-refractivity contribution is 7.09. The van der Waals surface area contributed by atoms with Crippen LogP contribution in [0.5, 0.6) is 5.75 Å². The van der Waals surface area contributed by atoms with Crippen molar-refractivity contribution in [2.75, 3.05) is 26.2 Å². The van der Waals surface area contributed by atoms with Crippen LogP contribution in [0.25, 0.3) is 0 Å². The molecule has 0 unspecified atom stereocenters. The molecule has 3 rings (SSSR count). The largest absolute Gasteiger partial charge is 0.486 e. The monoisotopic (exact) mass is 415 g/mol. The highest BCUT2D eigenvalue weighted by Gasteiger charge is 2.20. The van der Waals surface area contributed by atoms with Crippen LogP contribution < -0.4 is 4.74 Å². The summed E-state index contributed by atoms with van der Waals surface area (Å²) in [6.07, 6.45) is 2.54. The first-order chi connectivity index (χ1) is 13.9. The number of carbonyl (C=O) groups excluding carboxylic acids is 1. The number of nitrogens with zero attached hydrogens (tertiary/aromatic N) is 3. The van der Waals surface area contributed by atoms with E-state index < -0.39 is 0 Å². The number of likely N-dealkylation sites (tertiary alicyclic amines) is 1. The summed E-state index contributed by atoms with van der Waals surface area (Å²) in [6.45, 7) is 13.2. The number of rotatable bonds is 9. The van der Waals surface area contributed by atoms with Crippen molar-refractivity contribution >= 4 is 17.2 Å². The lowest BCUT2D eigenvalue weighted by Gasteiger charge is -2.26. The third-order valence-electron chi connectivity index (χ3n) is 5.55. The van der Waals surface area contributed by atoms with Crippen molar-refractivity contribution in [2.24, 2.45) is 5.92 Å². The van der Waals surface area contributed by atoms with Gasteiger partial charge in [0.2, 0.25) is 5.91 Å². The normalized spacial score (nSPS) is 14.5. The maximum Gasteiger partial charge on any atom is 0.225 e. The third kappa shape index (κ3) is 6.03. The molecule has 0 N–H and O–H groups in total. The summed E-state index contributed by atoms with van der Waals surface area (Å²) in [5.41, 5.74) is 3.34. The Balaban J connectivity index is 1.58. The second-order valence-corrected chi connectivity index (χ2v) is 9.13. The first kappa shape index (κ1) is 21.8. The summed E-state index contributed by atoms with van der Waals surface area (Å²) in [6, 6.07) is 6.10. The van der Waals surface area contributed by atoms with E-state index in [2.05, 4.69) is 30.2 Å². The lowest BCUT2D eigenvalue weighted by molar-refractivity contribution is -0.135. The quantitative estimate of drug-likeness (QED) is 0.608. The number of carbonyl (C=O) groups is 1. The Hall–Kier alpha value is -1.92. The number of hydrogen-bond donors (Lipinski definition) is 0. The zero-order chi connectivity index (χ0) is 20.8. The number of benzene rings is 1. The Morgan fingerprint density at radius 1 is 1.28 bits per heavy atom. The molecule has 158 valence electrons. The second-order valence-electron chi connectivity index (χ2n) is 8.18. The molecule has 2 aromatic rings. The van der Waals surface area contributed by atoms with Crippen LogP contribution in [-0.4, -0.2) is 46.9 Å². The van der Waals surface area contributed by atoms with Crippen LogP contribution in [0.1, 0.15) is 48.5 Å². The Morgan fingerprint density at radius 3 is 2.76 bits per heavy atom.